The maximum atomic E-state index is 12.9. The molecule has 0 bridgehead atoms. The number of benzene rings is 2. The van der Waals surface area contributed by atoms with Crippen LogP contribution in [0.1, 0.15) is 49.5 Å². The van der Waals surface area contributed by atoms with Gasteiger partial charge in [-0.1, -0.05) is 37.6 Å². The highest BCUT2D eigenvalue weighted by Gasteiger charge is 2.31. The van der Waals surface area contributed by atoms with Gasteiger partial charge in [0.05, 0.1) is 17.1 Å². The number of likely N-dealkylation sites (tertiary alicyclic amines) is 1. The van der Waals surface area contributed by atoms with Gasteiger partial charge in [0.1, 0.15) is 11.5 Å². The van der Waals surface area contributed by atoms with E-state index in [4.69, 9.17) is 16.0 Å². The summed E-state index contributed by atoms with van der Waals surface area (Å²) in [6.45, 7) is 6.15. The van der Waals surface area contributed by atoms with Crippen LogP contribution in [-0.2, 0) is 17.5 Å². The molecule has 186 valence electrons. The Labute approximate surface area is 208 Å². The van der Waals surface area contributed by atoms with Crippen LogP contribution in [0.3, 0.4) is 0 Å². The van der Waals surface area contributed by atoms with Gasteiger partial charge in [-0.2, -0.15) is 13.2 Å². The Bertz CT molecular complexity index is 1180. The summed E-state index contributed by atoms with van der Waals surface area (Å²) in [4.78, 5) is 14.3. The van der Waals surface area contributed by atoms with Gasteiger partial charge in [0.25, 0.3) is 0 Å². The quantitative estimate of drug-likeness (QED) is 0.376. The number of alkyl halides is 3. The molecule has 0 aliphatic carbocycles. The molecule has 1 aromatic heterocycles. The third-order valence-electron chi connectivity index (χ3n) is 6.34. The first kappa shape index (κ1) is 25.3. The molecule has 0 atom stereocenters. The van der Waals surface area contributed by atoms with Gasteiger partial charge in [-0.3, -0.25) is 9.69 Å². The minimum atomic E-state index is -4.44. The van der Waals surface area contributed by atoms with Crippen LogP contribution in [-0.4, -0.2) is 23.9 Å². The number of anilines is 1. The Kier molecular flexibility index (Phi) is 7.57. The normalized spacial score (nSPS) is 15.5. The molecule has 0 saturated carbocycles. The van der Waals surface area contributed by atoms with Crippen LogP contribution in [0.15, 0.2) is 59.0 Å². The molecule has 1 fully saturated rings. The fourth-order valence-electron chi connectivity index (χ4n) is 4.30. The Morgan fingerprint density at radius 1 is 1.11 bits per heavy atom. The number of rotatable bonds is 6. The number of furan rings is 1. The summed E-state index contributed by atoms with van der Waals surface area (Å²) in [7, 11) is 0. The van der Waals surface area contributed by atoms with Crippen molar-refractivity contribution in [1.29, 1.82) is 0 Å². The van der Waals surface area contributed by atoms with Crippen LogP contribution >= 0.6 is 11.6 Å². The van der Waals surface area contributed by atoms with E-state index in [-0.39, 0.29) is 16.8 Å². The van der Waals surface area contributed by atoms with Crippen LogP contribution in [0.2, 0.25) is 5.02 Å². The Morgan fingerprint density at radius 2 is 1.86 bits per heavy atom. The molecule has 8 heteroatoms. The second kappa shape index (κ2) is 10.5. The third kappa shape index (κ3) is 6.27. The molecule has 1 aliphatic rings. The van der Waals surface area contributed by atoms with E-state index in [2.05, 4.69) is 22.3 Å². The fraction of sp³-hybridized carbons (Fsp3) is 0.370. The molecule has 2 heterocycles. The summed E-state index contributed by atoms with van der Waals surface area (Å²) >= 11 is 6.11. The van der Waals surface area contributed by atoms with E-state index in [1.165, 1.54) is 11.6 Å². The van der Waals surface area contributed by atoms with Crippen LogP contribution in [0, 0.1) is 5.92 Å². The molecule has 1 aliphatic heterocycles. The van der Waals surface area contributed by atoms with Crippen molar-refractivity contribution in [2.24, 2.45) is 5.92 Å². The van der Waals surface area contributed by atoms with Gasteiger partial charge >= 0.3 is 6.18 Å². The van der Waals surface area contributed by atoms with Gasteiger partial charge in [-0.25, -0.2) is 0 Å². The molecule has 0 spiro atoms. The summed E-state index contributed by atoms with van der Waals surface area (Å²) in [6.07, 6.45) is -2.47. The Morgan fingerprint density at radius 3 is 2.51 bits per heavy atom. The molecule has 3 aromatic rings. The van der Waals surface area contributed by atoms with E-state index in [0.29, 0.717) is 23.8 Å². The van der Waals surface area contributed by atoms with Crippen molar-refractivity contribution < 1.29 is 22.4 Å². The van der Waals surface area contributed by atoms with Crippen molar-refractivity contribution in [3.8, 4) is 11.3 Å². The molecule has 35 heavy (non-hydrogen) atoms. The second-order valence-corrected chi connectivity index (χ2v) is 9.69. The lowest BCUT2D eigenvalue weighted by Gasteiger charge is -2.31. The number of hydrogen-bond donors (Lipinski definition) is 1. The predicted octanol–water partition coefficient (Wildman–Crippen LogP) is 7.59. The SMILES string of the molecule is CC(C)C(=O)Nc1cccc(C2CCN(Cc3ccc(-c4ccc(C(F)(F)F)cc4Cl)o3)CC2)c1. The summed E-state index contributed by atoms with van der Waals surface area (Å²) in [6, 6.07) is 14.9. The van der Waals surface area contributed by atoms with Gasteiger partial charge < -0.3 is 9.73 Å². The zero-order valence-electron chi connectivity index (χ0n) is 19.7. The van der Waals surface area contributed by atoms with E-state index < -0.39 is 11.7 Å². The molecule has 2 aromatic carbocycles. The first-order valence-electron chi connectivity index (χ1n) is 11.7. The number of halogens is 4. The van der Waals surface area contributed by atoms with Crippen LogP contribution < -0.4 is 5.32 Å². The number of amides is 1. The van der Waals surface area contributed by atoms with Crippen molar-refractivity contribution >= 4 is 23.2 Å². The summed E-state index contributed by atoms with van der Waals surface area (Å²) in [5.74, 6) is 1.55. The highest BCUT2D eigenvalue weighted by atomic mass is 35.5. The number of nitrogens with one attached hydrogen (secondary N) is 1. The summed E-state index contributed by atoms with van der Waals surface area (Å²) in [5.41, 5.74) is 1.71. The van der Waals surface area contributed by atoms with Crippen molar-refractivity contribution in [3.63, 3.8) is 0 Å². The predicted molar refractivity (Wildman–Crippen MR) is 131 cm³/mol. The number of piperidine rings is 1. The Hall–Kier alpha value is -2.77. The van der Waals surface area contributed by atoms with Crippen LogP contribution in [0.4, 0.5) is 18.9 Å². The van der Waals surface area contributed by atoms with Crippen molar-refractivity contribution in [3.05, 3.63) is 76.5 Å². The molecule has 1 saturated heterocycles. The minimum Gasteiger partial charge on any atom is -0.460 e. The Balaban J connectivity index is 1.35. The number of hydrogen-bond acceptors (Lipinski definition) is 3. The van der Waals surface area contributed by atoms with Gasteiger partial charge in [-0.05, 0) is 79.9 Å². The first-order valence-corrected chi connectivity index (χ1v) is 12.1. The van der Waals surface area contributed by atoms with Crippen LogP contribution in [0.25, 0.3) is 11.3 Å². The lowest BCUT2D eigenvalue weighted by molar-refractivity contribution is -0.137. The highest BCUT2D eigenvalue weighted by Crippen LogP contribution is 2.36. The lowest BCUT2D eigenvalue weighted by atomic mass is 9.89. The average Bonchev–Trinajstić information content (AvgIpc) is 3.27. The number of carbonyl (C=O) groups excluding carboxylic acids is 1. The maximum absolute atomic E-state index is 12.9. The van der Waals surface area contributed by atoms with Crippen LogP contribution in [0.5, 0.6) is 0 Å². The third-order valence-corrected chi connectivity index (χ3v) is 6.65. The van der Waals surface area contributed by atoms with E-state index in [1.807, 2.05) is 32.0 Å². The molecule has 0 unspecified atom stereocenters. The molecular weight excluding hydrogens is 477 g/mol. The van der Waals surface area contributed by atoms with Crippen molar-refractivity contribution in [1.82, 2.24) is 4.90 Å². The topological polar surface area (TPSA) is 45.5 Å². The van der Waals surface area contributed by atoms with Crippen molar-refractivity contribution in [2.45, 2.75) is 45.3 Å². The minimum absolute atomic E-state index is 0.00682. The van der Waals surface area contributed by atoms with Gasteiger partial charge in [0.15, 0.2) is 0 Å². The van der Waals surface area contributed by atoms with E-state index in [9.17, 15) is 18.0 Å². The summed E-state index contributed by atoms with van der Waals surface area (Å²) in [5, 5.41) is 2.97. The standard InChI is InChI=1S/C27H28ClF3N2O2/c1-17(2)26(34)32-21-5-3-4-19(14-21)18-10-12-33(13-11-18)16-22-7-9-25(35-22)23-8-6-20(15-24(23)28)27(29,30)31/h3-9,14-15,17-18H,10-13,16H2,1-2H3,(H,32,34). The first-order chi connectivity index (χ1) is 16.6. The molecular formula is C27H28ClF3N2O2. The monoisotopic (exact) mass is 504 g/mol. The number of carbonyl (C=O) groups is 1. The second-order valence-electron chi connectivity index (χ2n) is 9.28. The molecule has 4 nitrogen and oxygen atoms in total. The zero-order chi connectivity index (χ0) is 25.2. The summed E-state index contributed by atoms with van der Waals surface area (Å²) < 4.78 is 44.6. The van der Waals surface area contributed by atoms with Gasteiger partial charge in [-0.15, -0.1) is 0 Å². The molecule has 0 radical (unpaired) electrons. The van der Waals surface area contributed by atoms with Gasteiger partial charge in [0.2, 0.25) is 5.91 Å². The fourth-order valence-corrected chi connectivity index (χ4v) is 4.57. The van der Waals surface area contributed by atoms with Gasteiger partial charge in [0, 0.05) is 17.2 Å². The van der Waals surface area contributed by atoms with E-state index in [1.54, 1.807) is 6.07 Å². The zero-order valence-corrected chi connectivity index (χ0v) is 20.4. The lowest BCUT2D eigenvalue weighted by Crippen LogP contribution is -2.32. The smallest absolute Gasteiger partial charge is 0.416 e. The van der Waals surface area contributed by atoms with Crippen molar-refractivity contribution in [2.75, 3.05) is 18.4 Å². The molecule has 1 N–H and O–H groups in total. The molecule has 4 rings (SSSR count). The number of nitrogens with zero attached hydrogens (tertiary/aromatic N) is 1. The average molecular weight is 505 g/mol. The highest BCUT2D eigenvalue weighted by molar-refractivity contribution is 6.33. The van der Waals surface area contributed by atoms with E-state index >= 15 is 0 Å². The largest absolute Gasteiger partial charge is 0.460 e. The maximum Gasteiger partial charge on any atom is 0.416 e. The molecule has 1 amide bonds. The van der Waals surface area contributed by atoms with E-state index in [0.717, 1.165) is 49.5 Å².